The van der Waals surface area contributed by atoms with Crippen molar-refractivity contribution in [2.75, 3.05) is 12.8 Å². The number of anilines is 1. The molecule has 72 valence electrons. The first-order chi connectivity index (χ1) is 5.96. The molecule has 0 aliphatic rings. The molecule has 0 aliphatic heterocycles. The third-order valence-corrected chi connectivity index (χ3v) is 2.03. The molecule has 0 saturated carbocycles. The van der Waals surface area contributed by atoms with Gasteiger partial charge in [0, 0.05) is 11.3 Å². The van der Waals surface area contributed by atoms with Gasteiger partial charge in [0.15, 0.2) is 0 Å². The Morgan fingerprint density at radius 3 is 2.23 bits per heavy atom. The molecule has 1 aromatic carbocycles. The summed E-state index contributed by atoms with van der Waals surface area (Å²) in [6.07, 6.45) is 0. The fourth-order valence-corrected chi connectivity index (χ4v) is 1.52. The van der Waals surface area contributed by atoms with Gasteiger partial charge in [0.1, 0.15) is 5.75 Å². The van der Waals surface area contributed by atoms with Gasteiger partial charge in [0.05, 0.1) is 7.11 Å². The molecule has 0 aliphatic carbocycles. The van der Waals surface area contributed by atoms with Gasteiger partial charge >= 0.3 is 0 Å². The van der Waals surface area contributed by atoms with Crippen molar-refractivity contribution in [3.05, 3.63) is 23.8 Å². The van der Waals surface area contributed by atoms with Gasteiger partial charge in [-0.2, -0.15) is 0 Å². The van der Waals surface area contributed by atoms with Gasteiger partial charge in [-0.3, -0.25) is 0 Å². The van der Waals surface area contributed by atoms with E-state index in [-0.39, 0.29) is 5.41 Å². The van der Waals surface area contributed by atoms with E-state index >= 15 is 0 Å². The molecule has 2 heteroatoms. The number of benzene rings is 1. The molecule has 0 aromatic heterocycles. The fraction of sp³-hybridized carbons (Fsp3) is 0.455. The van der Waals surface area contributed by atoms with Crippen LogP contribution in [-0.4, -0.2) is 7.11 Å². The van der Waals surface area contributed by atoms with Crippen molar-refractivity contribution in [1.82, 2.24) is 0 Å². The Morgan fingerprint density at radius 2 is 1.85 bits per heavy atom. The predicted octanol–water partition coefficient (Wildman–Crippen LogP) is 2.57. The molecule has 0 saturated heterocycles. The van der Waals surface area contributed by atoms with Crippen LogP contribution in [0.15, 0.2) is 18.2 Å². The lowest BCUT2D eigenvalue weighted by Crippen LogP contribution is -2.15. The summed E-state index contributed by atoms with van der Waals surface area (Å²) in [5.74, 6) is 0.868. The van der Waals surface area contributed by atoms with Crippen LogP contribution in [0.3, 0.4) is 0 Å². The van der Waals surface area contributed by atoms with E-state index in [1.807, 2.05) is 18.2 Å². The lowest BCUT2D eigenvalue weighted by Gasteiger charge is -2.23. The molecule has 1 rings (SSSR count). The van der Waals surface area contributed by atoms with E-state index in [1.165, 1.54) is 0 Å². The smallest absolute Gasteiger partial charge is 0.124 e. The molecule has 13 heavy (non-hydrogen) atoms. The zero-order valence-corrected chi connectivity index (χ0v) is 8.72. The van der Waals surface area contributed by atoms with Crippen molar-refractivity contribution >= 4 is 5.69 Å². The SMILES string of the molecule is COc1cccc(N)c1C(C)(C)C. The van der Waals surface area contributed by atoms with Crippen LogP contribution in [0.25, 0.3) is 0 Å². The maximum atomic E-state index is 5.90. The Balaban J connectivity index is 3.32. The summed E-state index contributed by atoms with van der Waals surface area (Å²) >= 11 is 0. The van der Waals surface area contributed by atoms with Crippen LogP contribution in [0.5, 0.6) is 5.75 Å². The maximum absolute atomic E-state index is 5.90. The number of nitrogen functional groups attached to an aromatic ring is 1. The van der Waals surface area contributed by atoms with E-state index in [9.17, 15) is 0 Å². The zero-order valence-electron chi connectivity index (χ0n) is 8.72. The molecule has 0 heterocycles. The number of methoxy groups -OCH3 is 1. The minimum absolute atomic E-state index is 0.0245. The number of ether oxygens (including phenoxy) is 1. The third kappa shape index (κ3) is 1.94. The van der Waals surface area contributed by atoms with E-state index in [4.69, 9.17) is 10.5 Å². The van der Waals surface area contributed by atoms with Crippen LogP contribution in [-0.2, 0) is 5.41 Å². The molecule has 0 amide bonds. The Kier molecular flexibility index (Phi) is 2.50. The van der Waals surface area contributed by atoms with Crippen molar-refractivity contribution < 1.29 is 4.74 Å². The topological polar surface area (TPSA) is 35.2 Å². The highest BCUT2D eigenvalue weighted by atomic mass is 16.5. The monoisotopic (exact) mass is 179 g/mol. The van der Waals surface area contributed by atoms with Crippen molar-refractivity contribution in [2.45, 2.75) is 26.2 Å². The summed E-state index contributed by atoms with van der Waals surface area (Å²) in [7, 11) is 1.67. The van der Waals surface area contributed by atoms with E-state index in [2.05, 4.69) is 20.8 Å². The van der Waals surface area contributed by atoms with Gasteiger partial charge in [0.2, 0.25) is 0 Å². The van der Waals surface area contributed by atoms with Gasteiger partial charge in [0.25, 0.3) is 0 Å². The van der Waals surface area contributed by atoms with E-state index in [1.54, 1.807) is 7.11 Å². The van der Waals surface area contributed by atoms with Crippen LogP contribution in [0.2, 0.25) is 0 Å². The largest absolute Gasteiger partial charge is 0.496 e. The molecule has 2 nitrogen and oxygen atoms in total. The maximum Gasteiger partial charge on any atom is 0.124 e. The second-order valence-electron chi connectivity index (χ2n) is 4.17. The Labute approximate surface area is 79.7 Å². The minimum Gasteiger partial charge on any atom is -0.496 e. The van der Waals surface area contributed by atoms with Crippen molar-refractivity contribution in [3.8, 4) is 5.75 Å². The number of nitrogens with two attached hydrogens (primary N) is 1. The zero-order chi connectivity index (χ0) is 10.1. The van der Waals surface area contributed by atoms with Gasteiger partial charge in [-0.15, -0.1) is 0 Å². The molecule has 0 atom stereocenters. The first-order valence-corrected chi connectivity index (χ1v) is 4.40. The Bertz CT molecular complexity index is 299. The first-order valence-electron chi connectivity index (χ1n) is 4.40. The molecule has 0 fully saturated rings. The highest BCUT2D eigenvalue weighted by molar-refractivity contribution is 5.57. The summed E-state index contributed by atoms with van der Waals surface area (Å²) in [4.78, 5) is 0. The lowest BCUT2D eigenvalue weighted by atomic mass is 9.85. The number of rotatable bonds is 1. The van der Waals surface area contributed by atoms with E-state index in [0.717, 1.165) is 17.0 Å². The van der Waals surface area contributed by atoms with E-state index < -0.39 is 0 Å². The highest BCUT2D eigenvalue weighted by Gasteiger charge is 2.21. The fourth-order valence-electron chi connectivity index (χ4n) is 1.52. The van der Waals surface area contributed by atoms with Crippen LogP contribution in [0.1, 0.15) is 26.3 Å². The van der Waals surface area contributed by atoms with Gasteiger partial charge in [-0.1, -0.05) is 26.8 Å². The minimum atomic E-state index is 0.0245. The second kappa shape index (κ2) is 3.29. The quantitative estimate of drug-likeness (QED) is 0.672. The number of hydrogen-bond donors (Lipinski definition) is 1. The predicted molar refractivity (Wildman–Crippen MR) is 56.1 cm³/mol. The molecule has 0 unspecified atom stereocenters. The van der Waals surface area contributed by atoms with Crippen molar-refractivity contribution in [1.29, 1.82) is 0 Å². The van der Waals surface area contributed by atoms with Gasteiger partial charge < -0.3 is 10.5 Å². The second-order valence-corrected chi connectivity index (χ2v) is 4.17. The average Bonchev–Trinajstić information content (AvgIpc) is 2.01. The van der Waals surface area contributed by atoms with Gasteiger partial charge in [-0.05, 0) is 17.5 Å². The average molecular weight is 179 g/mol. The third-order valence-electron chi connectivity index (χ3n) is 2.03. The molecule has 1 aromatic rings. The molecule has 2 N–H and O–H groups in total. The first kappa shape index (κ1) is 9.90. The van der Waals surface area contributed by atoms with Crippen LogP contribution < -0.4 is 10.5 Å². The summed E-state index contributed by atoms with van der Waals surface area (Å²) in [6, 6.07) is 5.75. The summed E-state index contributed by atoms with van der Waals surface area (Å²) < 4.78 is 5.27. The summed E-state index contributed by atoms with van der Waals surface area (Å²) in [6.45, 7) is 6.38. The number of hydrogen-bond acceptors (Lipinski definition) is 2. The molecular formula is C11H17NO. The van der Waals surface area contributed by atoms with Crippen molar-refractivity contribution in [2.24, 2.45) is 0 Å². The Morgan fingerprint density at radius 1 is 1.23 bits per heavy atom. The molecule has 0 spiro atoms. The molecule has 0 radical (unpaired) electrons. The van der Waals surface area contributed by atoms with Crippen molar-refractivity contribution in [3.63, 3.8) is 0 Å². The Hall–Kier alpha value is -1.18. The van der Waals surface area contributed by atoms with Gasteiger partial charge in [-0.25, -0.2) is 0 Å². The highest BCUT2D eigenvalue weighted by Crippen LogP contribution is 2.35. The standard InChI is InChI=1S/C11H17NO/c1-11(2,3)10-8(12)6-5-7-9(10)13-4/h5-7H,12H2,1-4H3. The van der Waals surface area contributed by atoms with Crippen LogP contribution >= 0.6 is 0 Å². The summed E-state index contributed by atoms with van der Waals surface area (Å²) in [5, 5.41) is 0. The molecular weight excluding hydrogens is 162 g/mol. The normalized spacial score (nSPS) is 11.4. The van der Waals surface area contributed by atoms with E-state index in [0.29, 0.717) is 0 Å². The van der Waals surface area contributed by atoms with Crippen LogP contribution in [0.4, 0.5) is 5.69 Å². The van der Waals surface area contributed by atoms with Crippen LogP contribution in [0, 0.1) is 0 Å². The lowest BCUT2D eigenvalue weighted by molar-refractivity contribution is 0.398. The summed E-state index contributed by atoms with van der Waals surface area (Å²) in [5.41, 5.74) is 7.81. The molecule has 0 bridgehead atoms.